The largest absolute Gasteiger partial charge is 0.500 e. The lowest BCUT2D eigenvalue weighted by Crippen LogP contribution is -2.12. The maximum atomic E-state index is 11.4. The van der Waals surface area contributed by atoms with Gasteiger partial charge in [0.05, 0.1) is 14.2 Å². The molecule has 0 aliphatic carbocycles. The molecule has 4 nitrogen and oxygen atoms in total. The number of ether oxygens (including phenoxy) is 3. The van der Waals surface area contributed by atoms with Crippen molar-refractivity contribution in [1.82, 2.24) is 0 Å². The van der Waals surface area contributed by atoms with Crippen LogP contribution in [0.25, 0.3) is 0 Å². The van der Waals surface area contributed by atoms with E-state index in [0.29, 0.717) is 5.75 Å². The molecule has 0 aromatic heterocycles. The Balaban J connectivity index is 2.67. The van der Waals surface area contributed by atoms with E-state index in [1.54, 1.807) is 24.3 Å². The van der Waals surface area contributed by atoms with Crippen LogP contribution in [0.5, 0.6) is 5.75 Å². The maximum Gasteiger partial charge on any atom is 0.382 e. The predicted octanol–water partition coefficient (Wildman–Crippen LogP) is 1.73. The van der Waals surface area contributed by atoms with Crippen molar-refractivity contribution in [3.05, 3.63) is 42.4 Å². The summed E-state index contributed by atoms with van der Waals surface area (Å²) in [6.45, 7) is 0. The van der Waals surface area contributed by atoms with Crippen LogP contribution in [0.3, 0.4) is 0 Å². The monoisotopic (exact) mass is 208 g/mol. The Bertz CT molecular complexity index is 343. The molecule has 15 heavy (non-hydrogen) atoms. The highest BCUT2D eigenvalue weighted by Crippen LogP contribution is 2.11. The second kappa shape index (κ2) is 5.70. The van der Waals surface area contributed by atoms with Crippen LogP contribution in [0.4, 0.5) is 0 Å². The zero-order valence-corrected chi connectivity index (χ0v) is 8.60. The lowest BCUT2D eigenvalue weighted by atomic mass is 10.3. The number of esters is 1. The minimum Gasteiger partial charge on any atom is -0.500 e. The first kappa shape index (κ1) is 11.1. The summed E-state index contributed by atoms with van der Waals surface area (Å²) in [7, 11) is 2.80. The third-order valence-corrected chi connectivity index (χ3v) is 1.60. The number of hydrogen-bond acceptors (Lipinski definition) is 4. The van der Waals surface area contributed by atoms with E-state index in [1.165, 1.54) is 20.5 Å². The van der Waals surface area contributed by atoms with Gasteiger partial charge in [-0.3, -0.25) is 0 Å². The fraction of sp³-hybridized carbons (Fsp3) is 0.182. The molecule has 0 aliphatic rings. The van der Waals surface area contributed by atoms with E-state index in [1.807, 2.05) is 6.07 Å². The van der Waals surface area contributed by atoms with Crippen LogP contribution < -0.4 is 4.74 Å². The highest BCUT2D eigenvalue weighted by atomic mass is 16.6. The van der Waals surface area contributed by atoms with E-state index < -0.39 is 5.97 Å². The number of para-hydroxylation sites is 1. The summed E-state index contributed by atoms with van der Waals surface area (Å²) in [5.41, 5.74) is 0. The van der Waals surface area contributed by atoms with Crippen molar-refractivity contribution >= 4 is 5.97 Å². The Morgan fingerprint density at radius 2 is 1.87 bits per heavy atom. The van der Waals surface area contributed by atoms with Gasteiger partial charge in [-0.25, -0.2) is 4.79 Å². The van der Waals surface area contributed by atoms with Crippen LogP contribution in [0.2, 0.25) is 0 Å². The highest BCUT2D eigenvalue weighted by Gasteiger charge is 2.12. The van der Waals surface area contributed by atoms with Gasteiger partial charge in [0.2, 0.25) is 5.76 Å². The number of benzene rings is 1. The van der Waals surface area contributed by atoms with Crippen LogP contribution in [0.15, 0.2) is 42.4 Å². The van der Waals surface area contributed by atoms with Crippen molar-refractivity contribution in [2.45, 2.75) is 0 Å². The van der Waals surface area contributed by atoms with Gasteiger partial charge in [0.15, 0.2) is 0 Å². The number of carbonyl (C=O) groups excluding carboxylic acids is 1. The van der Waals surface area contributed by atoms with Crippen molar-refractivity contribution in [1.29, 1.82) is 0 Å². The van der Waals surface area contributed by atoms with Crippen LogP contribution in [-0.4, -0.2) is 20.2 Å². The molecule has 0 N–H and O–H groups in total. The molecule has 1 aromatic rings. The highest BCUT2D eigenvalue weighted by molar-refractivity contribution is 5.87. The fourth-order valence-corrected chi connectivity index (χ4v) is 0.932. The summed E-state index contributed by atoms with van der Waals surface area (Å²) < 4.78 is 14.5. The topological polar surface area (TPSA) is 44.8 Å². The molecular weight excluding hydrogens is 196 g/mol. The van der Waals surface area contributed by atoms with Gasteiger partial charge in [-0.15, -0.1) is 0 Å². The molecule has 0 fully saturated rings. The molecule has 0 aliphatic heterocycles. The summed E-state index contributed by atoms with van der Waals surface area (Å²) >= 11 is 0. The van der Waals surface area contributed by atoms with E-state index in [2.05, 4.69) is 4.74 Å². The van der Waals surface area contributed by atoms with E-state index in [0.717, 1.165) is 0 Å². The molecule has 0 unspecified atom stereocenters. The van der Waals surface area contributed by atoms with Crippen LogP contribution in [0, 0.1) is 0 Å². The van der Waals surface area contributed by atoms with Gasteiger partial charge in [-0.2, -0.15) is 0 Å². The number of hydrogen-bond donors (Lipinski definition) is 0. The molecule has 0 radical (unpaired) electrons. The van der Waals surface area contributed by atoms with Gasteiger partial charge in [-0.05, 0) is 12.1 Å². The Kier molecular flexibility index (Phi) is 4.22. The normalized spacial score (nSPS) is 10.7. The van der Waals surface area contributed by atoms with Gasteiger partial charge in [0.25, 0.3) is 0 Å². The molecule has 1 aromatic carbocycles. The van der Waals surface area contributed by atoms with E-state index in [4.69, 9.17) is 9.47 Å². The van der Waals surface area contributed by atoms with E-state index in [-0.39, 0.29) is 5.76 Å². The molecule has 0 spiro atoms. The van der Waals surface area contributed by atoms with Crippen LogP contribution in [0.1, 0.15) is 0 Å². The first-order chi connectivity index (χ1) is 7.27. The molecule has 0 saturated carbocycles. The fourth-order valence-electron chi connectivity index (χ4n) is 0.932. The molecule has 0 heterocycles. The Labute approximate surface area is 88.1 Å². The number of carbonyl (C=O) groups is 1. The van der Waals surface area contributed by atoms with Gasteiger partial charge >= 0.3 is 5.97 Å². The Morgan fingerprint density at radius 3 is 2.40 bits per heavy atom. The second-order valence-electron chi connectivity index (χ2n) is 2.62. The SMILES string of the molecule is COC=C(OC)C(=O)Oc1ccccc1. The van der Waals surface area contributed by atoms with Crippen molar-refractivity contribution in [3.63, 3.8) is 0 Å². The predicted molar refractivity (Wildman–Crippen MR) is 54.2 cm³/mol. The summed E-state index contributed by atoms with van der Waals surface area (Å²) in [5, 5.41) is 0. The minimum absolute atomic E-state index is 0.0151. The molecular formula is C11H12O4. The zero-order chi connectivity index (χ0) is 11.1. The summed E-state index contributed by atoms with van der Waals surface area (Å²) in [6, 6.07) is 8.74. The van der Waals surface area contributed by atoms with Crippen LogP contribution >= 0.6 is 0 Å². The standard InChI is InChI=1S/C11H12O4/c1-13-8-10(14-2)11(12)15-9-6-4-3-5-7-9/h3-8H,1-2H3. The molecule has 0 atom stereocenters. The Hall–Kier alpha value is -1.97. The smallest absolute Gasteiger partial charge is 0.382 e. The van der Waals surface area contributed by atoms with Crippen molar-refractivity contribution < 1.29 is 19.0 Å². The molecule has 1 rings (SSSR count). The van der Waals surface area contributed by atoms with Gasteiger partial charge in [0, 0.05) is 0 Å². The summed E-state index contributed by atoms with van der Waals surface area (Å²) in [4.78, 5) is 11.4. The number of methoxy groups -OCH3 is 2. The lowest BCUT2D eigenvalue weighted by molar-refractivity contribution is -0.133. The van der Waals surface area contributed by atoms with Gasteiger partial charge in [0.1, 0.15) is 12.0 Å². The third-order valence-electron chi connectivity index (χ3n) is 1.60. The van der Waals surface area contributed by atoms with E-state index >= 15 is 0 Å². The average Bonchev–Trinajstić information content (AvgIpc) is 2.27. The molecule has 0 saturated heterocycles. The summed E-state index contributed by atoms with van der Waals surface area (Å²) in [5.74, 6) is -0.117. The third kappa shape index (κ3) is 3.34. The Morgan fingerprint density at radius 1 is 1.20 bits per heavy atom. The first-order valence-corrected chi connectivity index (χ1v) is 4.32. The molecule has 80 valence electrons. The zero-order valence-electron chi connectivity index (χ0n) is 8.60. The second-order valence-corrected chi connectivity index (χ2v) is 2.62. The lowest BCUT2D eigenvalue weighted by Gasteiger charge is -2.05. The van der Waals surface area contributed by atoms with Gasteiger partial charge < -0.3 is 14.2 Å². The first-order valence-electron chi connectivity index (χ1n) is 4.32. The van der Waals surface area contributed by atoms with Gasteiger partial charge in [-0.1, -0.05) is 18.2 Å². The maximum absolute atomic E-state index is 11.4. The quantitative estimate of drug-likeness (QED) is 0.327. The van der Waals surface area contributed by atoms with Crippen molar-refractivity contribution in [2.24, 2.45) is 0 Å². The van der Waals surface area contributed by atoms with Crippen LogP contribution in [-0.2, 0) is 14.3 Å². The molecule has 0 bridgehead atoms. The molecule has 0 amide bonds. The van der Waals surface area contributed by atoms with E-state index in [9.17, 15) is 4.79 Å². The average molecular weight is 208 g/mol. The summed E-state index contributed by atoms with van der Waals surface area (Å²) in [6.07, 6.45) is 1.19. The van der Waals surface area contributed by atoms with Crippen molar-refractivity contribution in [3.8, 4) is 5.75 Å². The van der Waals surface area contributed by atoms with Crippen molar-refractivity contribution in [2.75, 3.05) is 14.2 Å². The minimum atomic E-state index is -0.592. The number of rotatable bonds is 4. The molecule has 4 heteroatoms.